The second kappa shape index (κ2) is 4.42. The molecule has 2 rings (SSSR count). The second-order valence-electron chi connectivity index (χ2n) is 3.06. The lowest BCUT2D eigenvalue weighted by Crippen LogP contribution is -1.95. The molecule has 0 amide bonds. The summed E-state index contributed by atoms with van der Waals surface area (Å²) in [6, 6.07) is 7.55. The van der Waals surface area contributed by atoms with Gasteiger partial charge in [-0.05, 0) is 11.6 Å². The van der Waals surface area contributed by atoms with Gasteiger partial charge < -0.3 is 10.2 Å². The third-order valence-corrected chi connectivity index (χ3v) is 2.35. The van der Waals surface area contributed by atoms with E-state index >= 15 is 0 Å². The van der Waals surface area contributed by atoms with Crippen LogP contribution in [-0.4, -0.2) is 10.2 Å². The van der Waals surface area contributed by atoms with Crippen LogP contribution >= 0.6 is 11.6 Å². The molecule has 1 aromatic heterocycles. The molecule has 2 N–H and O–H groups in total. The first-order valence-electron chi connectivity index (χ1n) is 4.54. The normalized spacial score (nSPS) is 10.5. The molecule has 0 aliphatic rings. The van der Waals surface area contributed by atoms with E-state index < -0.39 is 0 Å². The summed E-state index contributed by atoms with van der Waals surface area (Å²) in [5.41, 5.74) is 6.33. The van der Waals surface area contributed by atoms with Crippen LogP contribution in [-0.2, 0) is 13.0 Å². The largest absolute Gasteiger partial charge is 0.424 e. The SMILES string of the molecule is NCc1nnc(Cc2ccccc2Cl)o1. The lowest BCUT2D eigenvalue weighted by atomic mass is 10.1. The Labute approximate surface area is 92.1 Å². The smallest absolute Gasteiger partial charge is 0.230 e. The summed E-state index contributed by atoms with van der Waals surface area (Å²) in [5.74, 6) is 0.973. The topological polar surface area (TPSA) is 64.9 Å². The van der Waals surface area contributed by atoms with Crippen LogP contribution in [0.25, 0.3) is 0 Å². The van der Waals surface area contributed by atoms with Crippen molar-refractivity contribution >= 4 is 11.6 Å². The third-order valence-electron chi connectivity index (χ3n) is 1.98. The van der Waals surface area contributed by atoms with Crippen molar-refractivity contribution < 1.29 is 4.42 Å². The van der Waals surface area contributed by atoms with Crippen LogP contribution in [0.4, 0.5) is 0 Å². The van der Waals surface area contributed by atoms with Crippen molar-refractivity contribution in [3.8, 4) is 0 Å². The van der Waals surface area contributed by atoms with Crippen molar-refractivity contribution in [1.82, 2.24) is 10.2 Å². The van der Waals surface area contributed by atoms with Gasteiger partial charge in [-0.25, -0.2) is 0 Å². The van der Waals surface area contributed by atoms with Crippen LogP contribution in [0.15, 0.2) is 28.7 Å². The minimum absolute atomic E-state index is 0.259. The average Bonchev–Trinajstić information content (AvgIpc) is 2.69. The van der Waals surface area contributed by atoms with Gasteiger partial charge in [-0.15, -0.1) is 10.2 Å². The summed E-state index contributed by atoms with van der Waals surface area (Å²) in [6.45, 7) is 0.259. The van der Waals surface area contributed by atoms with Crippen LogP contribution in [0.3, 0.4) is 0 Å². The zero-order valence-corrected chi connectivity index (χ0v) is 8.74. The van der Waals surface area contributed by atoms with E-state index in [1.807, 2.05) is 24.3 Å². The van der Waals surface area contributed by atoms with Crippen LogP contribution in [0.5, 0.6) is 0 Å². The highest BCUT2D eigenvalue weighted by molar-refractivity contribution is 6.31. The third kappa shape index (κ3) is 2.34. The first-order chi connectivity index (χ1) is 7.29. The fraction of sp³-hybridized carbons (Fsp3) is 0.200. The fourth-order valence-electron chi connectivity index (χ4n) is 1.25. The number of rotatable bonds is 3. The Bertz CT molecular complexity index is 455. The Balaban J connectivity index is 2.18. The summed E-state index contributed by atoms with van der Waals surface area (Å²) < 4.78 is 5.29. The van der Waals surface area contributed by atoms with Gasteiger partial charge in [0, 0.05) is 5.02 Å². The van der Waals surface area contributed by atoms with Crippen LogP contribution in [0, 0.1) is 0 Å². The molecule has 0 unspecified atom stereocenters. The minimum Gasteiger partial charge on any atom is -0.424 e. The lowest BCUT2D eigenvalue weighted by molar-refractivity contribution is 0.459. The molecule has 0 saturated carbocycles. The number of halogens is 1. The fourth-order valence-corrected chi connectivity index (χ4v) is 1.45. The molecule has 78 valence electrons. The second-order valence-corrected chi connectivity index (χ2v) is 3.47. The van der Waals surface area contributed by atoms with E-state index in [0.29, 0.717) is 23.2 Å². The highest BCUT2D eigenvalue weighted by Gasteiger charge is 2.07. The molecule has 0 aliphatic carbocycles. The predicted octanol–water partition coefficient (Wildman–Crippen LogP) is 1.77. The Morgan fingerprint density at radius 1 is 1.20 bits per heavy atom. The van der Waals surface area contributed by atoms with Crippen molar-refractivity contribution in [2.75, 3.05) is 0 Å². The van der Waals surface area contributed by atoms with Gasteiger partial charge in [0.05, 0.1) is 13.0 Å². The molecule has 0 spiro atoms. The van der Waals surface area contributed by atoms with E-state index in [4.69, 9.17) is 21.8 Å². The van der Waals surface area contributed by atoms with Gasteiger partial charge in [-0.3, -0.25) is 0 Å². The van der Waals surface area contributed by atoms with Gasteiger partial charge in [0.25, 0.3) is 0 Å². The number of benzene rings is 1. The number of hydrogen-bond acceptors (Lipinski definition) is 4. The quantitative estimate of drug-likeness (QED) is 0.862. The Morgan fingerprint density at radius 2 is 1.93 bits per heavy atom. The van der Waals surface area contributed by atoms with Crippen molar-refractivity contribution in [2.24, 2.45) is 5.73 Å². The van der Waals surface area contributed by atoms with Gasteiger partial charge in [0.2, 0.25) is 11.8 Å². The van der Waals surface area contributed by atoms with Gasteiger partial charge in [-0.1, -0.05) is 29.8 Å². The zero-order chi connectivity index (χ0) is 10.7. The van der Waals surface area contributed by atoms with E-state index in [1.165, 1.54) is 0 Å². The maximum atomic E-state index is 6.00. The summed E-state index contributed by atoms with van der Waals surface area (Å²) >= 11 is 6.00. The van der Waals surface area contributed by atoms with E-state index in [1.54, 1.807) is 0 Å². The predicted molar refractivity (Wildman–Crippen MR) is 56.4 cm³/mol. The maximum Gasteiger partial charge on any atom is 0.230 e. The summed E-state index contributed by atoms with van der Waals surface area (Å²) in [7, 11) is 0. The van der Waals surface area contributed by atoms with E-state index in [9.17, 15) is 0 Å². The highest BCUT2D eigenvalue weighted by Crippen LogP contribution is 2.18. The van der Waals surface area contributed by atoms with Gasteiger partial charge >= 0.3 is 0 Å². The number of nitrogens with two attached hydrogens (primary N) is 1. The van der Waals surface area contributed by atoms with Crippen molar-refractivity contribution in [3.63, 3.8) is 0 Å². The van der Waals surface area contributed by atoms with Gasteiger partial charge in [0.15, 0.2) is 0 Å². The zero-order valence-electron chi connectivity index (χ0n) is 7.98. The molecule has 5 heteroatoms. The molecule has 0 bridgehead atoms. The van der Waals surface area contributed by atoms with Crippen molar-refractivity contribution in [3.05, 3.63) is 46.6 Å². The molecule has 0 aliphatic heterocycles. The summed E-state index contributed by atoms with van der Waals surface area (Å²) in [5, 5.41) is 8.34. The van der Waals surface area contributed by atoms with Crippen molar-refractivity contribution in [2.45, 2.75) is 13.0 Å². The monoisotopic (exact) mass is 223 g/mol. The van der Waals surface area contributed by atoms with Crippen molar-refractivity contribution in [1.29, 1.82) is 0 Å². The molecular formula is C10H10ClN3O. The molecule has 4 nitrogen and oxygen atoms in total. The first-order valence-corrected chi connectivity index (χ1v) is 4.92. The molecule has 0 fully saturated rings. The molecule has 0 saturated heterocycles. The highest BCUT2D eigenvalue weighted by atomic mass is 35.5. The molecule has 2 aromatic rings. The van der Waals surface area contributed by atoms with Crippen LogP contribution in [0.1, 0.15) is 17.3 Å². The summed E-state index contributed by atoms with van der Waals surface area (Å²) in [6.07, 6.45) is 0.534. The Kier molecular flexibility index (Phi) is 2.99. The number of nitrogens with zero attached hydrogens (tertiary/aromatic N) is 2. The molecule has 0 atom stereocenters. The molecule has 0 radical (unpaired) electrons. The van der Waals surface area contributed by atoms with Crippen LogP contribution in [0.2, 0.25) is 5.02 Å². The Hall–Kier alpha value is -1.39. The van der Waals surface area contributed by atoms with E-state index in [-0.39, 0.29) is 6.54 Å². The molecular weight excluding hydrogens is 214 g/mol. The van der Waals surface area contributed by atoms with Gasteiger partial charge in [-0.2, -0.15) is 0 Å². The van der Waals surface area contributed by atoms with Crippen LogP contribution < -0.4 is 5.73 Å². The molecule has 1 aromatic carbocycles. The first kappa shape index (κ1) is 10.1. The number of aromatic nitrogens is 2. The minimum atomic E-state index is 0.259. The lowest BCUT2D eigenvalue weighted by Gasteiger charge is -1.98. The van der Waals surface area contributed by atoms with E-state index in [0.717, 1.165) is 5.56 Å². The summed E-state index contributed by atoms with van der Waals surface area (Å²) in [4.78, 5) is 0. The molecule has 15 heavy (non-hydrogen) atoms. The average molecular weight is 224 g/mol. The standard InChI is InChI=1S/C10H10ClN3O/c11-8-4-2-1-3-7(8)5-9-13-14-10(6-12)15-9/h1-4H,5-6,12H2. The number of hydrogen-bond donors (Lipinski definition) is 1. The maximum absolute atomic E-state index is 6.00. The Morgan fingerprint density at radius 3 is 2.60 bits per heavy atom. The molecule has 1 heterocycles. The van der Waals surface area contributed by atoms with Gasteiger partial charge in [0.1, 0.15) is 0 Å². The van der Waals surface area contributed by atoms with E-state index in [2.05, 4.69) is 10.2 Å².